The summed E-state index contributed by atoms with van der Waals surface area (Å²) in [5, 5.41) is 19.8. The number of benzene rings is 3. The van der Waals surface area contributed by atoms with Crippen LogP contribution in [0.1, 0.15) is 15.2 Å². The van der Waals surface area contributed by atoms with Crippen LogP contribution in [-0.2, 0) is 0 Å². The van der Waals surface area contributed by atoms with Crippen LogP contribution in [0.25, 0.3) is 56.1 Å². The van der Waals surface area contributed by atoms with Crippen molar-refractivity contribution in [2.75, 3.05) is 0 Å². The average molecular weight is 431 g/mol. The summed E-state index contributed by atoms with van der Waals surface area (Å²) in [6.07, 6.45) is 1.35. The zero-order chi connectivity index (χ0) is 24.9. The number of nitrogens with zero attached hydrogens (tertiary/aromatic N) is 4. The zero-order valence-corrected chi connectivity index (χ0v) is 17.1. The van der Waals surface area contributed by atoms with E-state index in [2.05, 4.69) is 21.3 Å². The molecule has 3 heterocycles. The Bertz CT molecular complexity index is 1780. The Morgan fingerprint density at radius 3 is 2.45 bits per heavy atom. The lowest BCUT2D eigenvalue weighted by Crippen LogP contribution is -1.85. The summed E-state index contributed by atoms with van der Waals surface area (Å²) in [7, 11) is 0. The molecule has 3 aromatic heterocycles. The van der Waals surface area contributed by atoms with Gasteiger partial charge in [-0.05, 0) is 48.8 Å². The second-order valence-corrected chi connectivity index (χ2v) is 7.47. The van der Waals surface area contributed by atoms with Gasteiger partial charge in [0.25, 0.3) is 5.89 Å². The molecule has 6 rings (SSSR count). The van der Waals surface area contributed by atoms with E-state index in [1.807, 2.05) is 54.6 Å². The van der Waals surface area contributed by atoms with E-state index in [0.29, 0.717) is 39.4 Å². The number of aromatic nitrogens is 3. The van der Waals surface area contributed by atoms with Gasteiger partial charge in [-0.1, -0.05) is 36.4 Å². The molecule has 0 radical (unpaired) electrons. The number of aryl methyl sites for hydroxylation is 1. The molecule has 0 amide bonds. The largest absolute Gasteiger partial charge is 0.454 e. The second-order valence-electron chi connectivity index (χ2n) is 7.47. The van der Waals surface area contributed by atoms with Gasteiger partial charge in [-0.3, -0.25) is 4.98 Å². The Kier molecular flexibility index (Phi) is 3.59. The first-order chi connectivity index (χ1) is 17.4. The van der Waals surface area contributed by atoms with Crippen LogP contribution in [0.2, 0.25) is 0 Å². The van der Waals surface area contributed by atoms with Gasteiger partial charge in [-0.15, -0.1) is 10.2 Å². The van der Waals surface area contributed by atoms with E-state index >= 15 is 0 Å². The van der Waals surface area contributed by atoms with Crippen molar-refractivity contribution in [2.24, 2.45) is 0 Å². The van der Waals surface area contributed by atoms with Gasteiger partial charge < -0.3 is 8.83 Å². The lowest BCUT2D eigenvalue weighted by Gasteiger charge is -2.02. The van der Waals surface area contributed by atoms with Crippen LogP contribution < -0.4 is 0 Å². The third-order valence-corrected chi connectivity index (χ3v) is 5.49. The molecule has 6 aromatic rings. The molecule has 0 saturated heterocycles. The van der Waals surface area contributed by atoms with Crippen molar-refractivity contribution in [3.8, 4) is 40.2 Å². The zero-order valence-electron chi connectivity index (χ0n) is 20.1. The fourth-order valence-corrected chi connectivity index (χ4v) is 3.94. The molecule has 0 unspecified atom stereocenters. The molecular weight excluding hydrogens is 412 g/mol. The standard InChI is InChI=1S/C27H16N4O2/c1-16-10-13-22(29-15-16)21-9-5-8-19-20-12-11-18(14-28)23(25(20)32-24(19)21)27-31-30-26(33-27)17-6-3-2-4-7-17/h2-13,15H,1H3/i1D3. The molecule has 0 atom stereocenters. The van der Waals surface area contributed by atoms with Crippen LogP contribution in [0.15, 0.2) is 87.8 Å². The van der Waals surface area contributed by atoms with E-state index in [1.165, 1.54) is 6.20 Å². The molecular formula is C27H16N4O2. The number of furan rings is 1. The minimum atomic E-state index is -2.23. The number of rotatable bonds is 3. The van der Waals surface area contributed by atoms with Gasteiger partial charge in [0.2, 0.25) is 5.89 Å². The number of hydrogen-bond acceptors (Lipinski definition) is 6. The van der Waals surface area contributed by atoms with E-state index in [4.69, 9.17) is 12.9 Å². The van der Waals surface area contributed by atoms with E-state index in [1.54, 1.807) is 18.2 Å². The molecule has 0 fully saturated rings. The van der Waals surface area contributed by atoms with Crippen LogP contribution in [0.3, 0.4) is 0 Å². The molecule has 6 heteroatoms. The van der Waals surface area contributed by atoms with Crippen molar-refractivity contribution in [2.45, 2.75) is 6.85 Å². The number of nitriles is 1. The fourth-order valence-electron chi connectivity index (χ4n) is 3.94. The predicted molar refractivity (Wildman–Crippen MR) is 125 cm³/mol. The number of pyridine rings is 1. The lowest BCUT2D eigenvalue weighted by molar-refractivity contribution is 0.582. The molecule has 0 spiro atoms. The Hall–Kier alpha value is -4.76. The Morgan fingerprint density at radius 2 is 1.67 bits per heavy atom. The summed E-state index contributed by atoms with van der Waals surface area (Å²) in [4.78, 5) is 4.37. The van der Waals surface area contributed by atoms with E-state index in [0.717, 1.165) is 16.3 Å². The first kappa shape index (κ1) is 16.0. The molecule has 0 saturated carbocycles. The van der Waals surface area contributed by atoms with Gasteiger partial charge in [0.1, 0.15) is 17.2 Å². The van der Waals surface area contributed by atoms with E-state index < -0.39 is 6.85 Å². The van der Waals surface area contributed by atoms with Crippen molar-refractivity contribution in [1.82, 2.24) is 15.2 Å². The SMILES string of the molecule is [2H]C([2H])([2H])c1ccc(-c2cccc3c2oc2c(-c4nnc(-c5ccccc5)o4)c(C#N)ccc23)nc1. The van der Waals surface area contributed by atoms with Crippen molar-refractivity contribution >= 4 is 21.9 Å². The molecule has 0 aliphatic heterocycles. The van der Waals surface area contributed by atoms with Gasteiger partial charge >= 0.3 is 0 Å². The normalized spacial score (nSPS) is 12.9. The first-order valence-corrected chi connectivity index (χ1v) is 10.2. The van der Waals surface area contributed by atoms with Crippen LogP contribution in [0, 0.1) is 18.2 Å². The minimum absolute atomic E-state index is 0.162. The first-order valence-electron chi connectivity index (χ1n) is 11.7. The monoisotopic (exact) mass is 431 g/mol. The van der Waals surface area contributed by atoms with Gasteiger partial charge in [-0.25, -0.2) is 0 Å². The van der Waals surface area contributed by atoms with Crippen LogP contribution in [0.5, 0.6) is 0 Å². The highest BCUT2D eigenvalue weighted by Crippen LogP contribution is 2.40. The third kappa shape index (κ3) is 3.07. The van der Waals surface area contributed by atoms with Gasteiger partial charge in [-0.2, -0.15) is 5.26 Å². The molecule has 3 aromatic carbocycles. The van der Waals surface area contributed by atoms with Crippen LogP contribution >= 0.6 is 0 Å². The molecule has 0 bridgehead atoms. The number of para-hydroxylation sites is 1. The molecule has 0 aliphatic carbocycles. The quantitative estimate of drug-likeness (QED) is 0.316. The smallest absolute Gasteiger partial charge is 0.253 e. The minimum Gasteiger partial charge on any atom is -0.454 e. The van der Waals surface area contributed by atoms with Crippen molar-refractivity contribution in [1.29, 1.82) is 5.26 Å². The number of fused-ring (bicyclic) bond motifs is 3. The van der Waals surface area contributed by atoms with Crippen molar-refractivity contribution < 1.29 is 12.9 Å². The maximum Gasteiger partial charge on any atom is 0.253 e. The van der Waals surface area contributed by atoms with Crippen LogP contribution in [-0.4, -0.2) is 15.2 Å². The summed E-state index contributed by atoms with van der Waals surface area (Å²) in [5.74, 6) is 0.513. The average Bonchev–Trinajstić information content (AvgIpc) is 3.53. The van der Waals surface area contributed by atoms with Crippen molar-refractivity contribution in [3.05, 3.63) is 90.1 Å². The third-order valence-electron chi connectivity index (χ3n) is 5.49. The summed E-state index contributed by atoms with van der Waals surface area (Å²) in [5.41, 5.74) is 3.94. The molecule has 0 aliphatic rings. The van der Waals surface area contributed by atoms with Gasteiger partial charge in [0.05, 0.1) is 16.8 Å². The lowest BCUT2D eigenvalue weighted by atomic mass is 10.0. The molecule has 6 nitrogen and oxygen atoms in total. The maximum atomic E-state index is 9.82. The van der Waals surface area contributed by atoms with E-state index in [9.17, 15) is 5.26 Å². The number of hydrogen-bond donors (Lipinski definition) is 0. The van der Waals surface area contributed by atoms with Crippen LogP contribution in [0.4, 0.5) is 0 Å². The highest BCUT2D eigenvalue weighted by molar-refractivity contribution is 6.13. The van der Waals surface area contributed by atoms with Crippen molar-refractivity contribution in [3.63, 3.8) is 0 Å². The van der Waals surface area contributed by atoms with E-state index in [-0.39, 0.29) is 11.5 Å². The topological polar surface area (TPSA) is 88.7 Å². The maximum absolute atomic E-state index is 9.82. The summed E-state index contributed by atoms with van der Waals surface area (Å²) >= 11 is 0. The summed E-state index contributed by atoms with van der Waals surface area (Å²) in [6, 6.07) is 23.9. The predicted octanol–water partition coefficient (Wildman–Crippen LogP) is 6.55. The molecule has 33 heavy (non-hydrogen) atoms. The van der Waals surface area contributed by atoms with Gasteiger partial charge in [0.15, 0.2) is 0 Å². The Morgan fingerprint density at radius 1 is 0.818 bits per heavy atom. The summed E-state index contributed by atoms with van der Waals surface area (Å²) in [6.45, 7) is -2.23. The molecule has 0 N–H and O–H groups in total. The second kappa shape index (κ2) is 7.43. The Balaban J connectivity index is 1.55. The summed E-state index contributed by atoms with van der Waals surface area (Å²) < 4.78 is 35.1. The highest BCUT2D eigenvalue weighted by atomic mass is 16.4. The van der Waals surface area contributed by atoms with Gasteiger partial charge in [0, 0.05) is 32.2 Å². The highest BCUT2D eigenvalue weighted by Gasteiger charge is 2.22. The Labute approximate surface area is 193 Å². The fraction of sp³-hybridized carbons (Fsp3) is 0.0370. The molecule has 156 valence electrons.